The van der Waals surface area contributed by atoms with Crippen molar-refractivity contribution in [2.75, 3.05) is 7.11 Å². The van der Waals surface area contributed by atoms with E-state index in [1.807, 2.05) is 0 Å². The fourth-order valence-electron chi connectivity index (χ4n) is 1.92. The van der Waals surface area contributed by atoms with Crippen LogP contribution in [0.2, 0.25) is 0 Å². The molecule has 2 rings (SSSR count). The number of hydrogen-bond donors (Lipinski definition) is 3. The third kappa shape index (κ3) is 4.24. The number of benzene rings is 2. The van der Waals surface area contributed by atoms with Crippen molar-refractivity contribution < 1.29 is 24.2 Å². The number of carbonyl (C=O) groups is 1. The van der Waals surface area contributed by atoms with E-state index in [4.69, 9.17) is 19.4 Å². The van der Waals surface area contributed by atoms with Gasteiger partial charge in [-0.15, -0.1) is 0 Å². The molecule has 0 heterocycles. The summed E-state index contributed by atoms with van der Waals surface area (Å²) in [5.74, 6) is 0.610. The van der Waals surface area contributed by atoms with E-state index >= 15 is 0 Å². The molecule has 0 aliphatic rings. The smallest absolute Gasteiger partial charge is 0.512 e. The highest BCUT2D eigenvalue weighted by atomic mass is 16.6. The van der Waals surface area contributed by atoms with Gasteiger partial charge in [-0.3, -0.25) is 4.79 Å². The van der Waals surface area contributed by atoms with E-state index in [-0.39, 0.29) is 5.91 Å². The molecule has 7 heteroatoms. The van der Waals surface area contributed by atoms with Crippen LogP contribution >= 0.6 is 0 Å². The number of hydrogen-bond acceptors (Lipinski definition) is 5. The van der Waals surface area contributed by atoms with E-state index in [2.05, 4.69) is 5.32 Å². The van der Waals surface area contributed by atoms with Crippen LogP contribution in [-0.4, -0.2) is 30.4 Å². The lowest BCUT2D eigenvalue weighted by molar-refractivity contribution is 0.0948. The SMILES string of the molecule is COc1ccccc1C(=O)NCc1ccc(OB(O)O)cc1. The molecule has 22 heavy (non-hydrogen) atoms. The number of ether oxygens (including phenoxy) is 1. The lowest BCUT2D eigenvalue weighted by Gasteiger charge is -2.10. The third-order valence-electron chi connectivity index (χ3n) is 2.97. The molecule has 0 spiro atoms. The van der Waals surface area contributed by atoms with Gasteiger partial charge in [-0.25, -0.2) is 0 Å². The summed E-state index contributed by atoms with van der Waals surface area (Å²) in [4.78, 5) is 12.1. The van der Waals surface area contributed by atoms with Crippen LogP contribution in [-0.2, 0) is 6.54 Å². The molecule has 3 N–H and O–H groups in total. The standard InChI is InChI=1S/C15H16BNO5/c1-21-14-5-3-2-4-13(14)15(18)17-10-11-6-8-12(9-7-11)22-16(19)20/h2-9,19-20H,10H2,1H3,(H,17,18). The summed E-state index contributed by atoms with van der Waals surface area (Å²) in [6.07, 6.45) is 0. The summed E-state index contributed by atoms with van der Waals surface area (Å²) in [5.41, 5.74) is 1.32. The van der Waals surface area contributed by atoms with E-state index in [1.165, 1.54) is 7.11 Å². The zero-order valence-electron chi connectivity index (χ0n) is 12.0. The van der Waals surface area contributed by atoms with E-state index in [0.29, 0.717) is 23.6 Å². The van der Waals surface area contributed by atoms with E-state index in [9.17, 15) is 4.79 Å². The number of amides is 1. The monoisotopic (exact) mass is 301 g/mol. The Morgan fingerprint density at radius 3 is 2.45 bits per heavy atom. The molecule has 0 aliphatic heterocycles. The predicted octanol–water partition coefficient (Wildman–Crippen LogP) is 0.973. The van der Waals surface area contributed by atoms with Crippen molar-refractivity contribution in [2.45, 2.75) is 6.54 Å². The molecule has 1 amide bonds. The minimum absolute atomic E-state index is 0.233. The van der Waals surface area contributed by atoms with Crippen LogP contribution in [0.3, 0.4) is 0 Å². The van der Waals surface area contributed by atoms with Crippen molar-refractivity contribution in [3.05, 3.63) is 59.7 Å². The molecule has 0 aliphatic carbocycles. The molecule has 2 aromatic rings. The molecular formula is C15H16BNO5. The van der Waals surface area contributed by atoms with Crippen LogP contribution in [0.25, 0.3) is 0 Å². The second-order valence-corrected chi connectivity index (χ2v) is 4.47. The number of nitrogens with one attached hydrogen (secondary N) is 1. The summed E-state index contributed by atoms with van der Waals surface area (Å²) < 4.78 is 9.85. The molecule has 0 aromatic heterocycles. The third-order valence-corrected chi connectivity index (χ3v) is 2.97. The summed E-state index contributed by atoms with van der Waals surface area (Å²) in [7, 11) is -0.337. The summed E-state index contributed by atoms with van der Waals surface area (Å²) in [5, 5.41) is 20.2. The van der Waals surface area contributed by atoms with Crippen molar-refractivity contribution in [3.63, 3.8) is 0 Å². The Bertz CT molecular complexity index is 630. The molecule has 0 saturated heterocycles. The second-order valence-electron chi connectivity index (χ2n) is 4.47. The molecule has 0 bridgehead atoms. The van der Waals surface area contributed by atoms with Gasteiger partial charge in [0.2, 0.25) is 0 Å². The number of rotatable bonds is 6. The van der Waals surface area contributed by atoms with Gasteiger partial charge >= 0.3 is 7.32 Å². The first-order valence-electron chi connectivity index (χ1n) is 6.63. The first-order chi connectivity index (χ1) is 10.6. The van der Waals surface area contributed by atoms with E-state index in [0.717, 1.165) is 5.56 Å². The number of para-hydroxylation sites is 1. The van der Waals surface area contributed by atoms with Crippen LogP contribution in [0.4, 0.5) is 0 Å². The zero-order valence-corrected chi connectivity index (χ0v) is 12.0. The fraction of sp³-hybridized carbons (Fsp3) is 0.133. The Balaban J connectivity index is 1.96. The van der Waals surface area contributed by atoms with Gasteiger partial charge in [0.05, 0.1) is 12.7 Å². The Kier molecular flexibility index (Phi) is 5.40. The van der Waals surface area contributed by atoms with Crippen LogP contribution in [0.5, 0.6) is 11.5 Å². The molecular weight excluding hydrogens is 285 g/mol. The highest BCUT2D eigenvalue weighted by Gasteiger charge is 2.12. The summed E-state index contributed by atoms with van der Waals surface area (Å²) >= 11 is 0. The van der Waals surface area contributed by atoms with Gasteiger partial charge in [0.1, 0.15) is 11.5 Å². The van der Waals surface area contributed by atoms with Gasteiger partial charge in [-0.2, -0.15) is 0 Å². The Morgan fingerprint density at radius 1 is 1.14 bits per heavy atom. The normalized spacial score (nSPS) is 9.95. The van der Waals surface area contributed by atoms with Crippen molar-refractivity contribution in [1.82, 2.24) is 5.32 Å². The zero-order chi connectivity index (χ0) is 15.9. The van der Waals surface area contributed by atoms with Gasteiger partial charge in [-0.05, 0) is 29.8 Å². The first kappa shape index (κ1) is 15.9. The minimum atomic E-state index is -1.85. The fourth-order valence-corrected chi connectivity index (χ4v) is 1.92. The van der Waals surface area contributed by atoms with E-state index in [1.54, 1.807) is 48.5 Å². The topological polar surface area (TPSA) is 88.0 Å². The highest BCUT2D eigenvalue weighted by molar-refractivity contribution is 6.33. The summed E-state index contributed by atoms with van der Waals surface area (Å²) in [6.45, 7) is 0.332. The van der Waals surface area contributed by atoms with Crippen LogP contribution in [0, 0.1) is 0 Å². The average Bonchev–Trinajstić information content (AvgIpc) is 2.53. The Labute approximate surface area is 128 Å². The van der Waals surface area contributed by atoms with Gasteiger partial charge < -0.3 is 24.8 Å². The van der Waals surface area contributed by atoms with Crippen LogP contribution < -0.4 is 14.7 Å². The molecule has 2 aromatic carbocycles. The first-order valence-corrected chi connectivity index (χ1v) is 6.63. The molecule has 6 nitrogen and oxygen atoms in total. The molecule has 0 saturated carbocycles. The van der Waals surface area contributed by atoms with Crippen molar-refractivity contribution in [3.8, 4) is 11.5 Å². The maximum Gasteiger partial charge on any atom is 0.707 e. The summed E-state index contributed by atoms with van der Waals surface area (Å²) in [6, 6.07) is 13.6. The van der Waals surface area contributed by atoms with Crippen molar-refractivity contribution in [2.24, 2.45) is 0 Å². The van der Waals surface area contributed by atoms with Gasteiger partial charge in [-0.1, -0.05) is 24.3 Å². The van der Waals surface area contributed by atoms with Crippen LogP contribution in [0.1, 0.15) is 15.9 Å². The predicted molar refractivity (Wildman–Crippen MR) is 81.4 cm³/mol. The maximum absolute atomic E-state index is 12.1. The largest absolute Gasteiger partial charge is 0.707 e. The number of methoxy groups -OCH3 is 1. The van der Waals surface area contributed by atoms with Crippen LogP contribution in [0.15, 0.2) is 48.5 Å². The molecule has 114 valence electrons. The quantitative estimate of drug-likeness (QED) is 0.692. The lowest BCUT2D eigenvalue weighted by Crippen LogP contribution is -2.23. The molecule has 0 radical (unpaired) electrons. The van der Waals surface area contributed by atoms with E-state index < -0.39 is 7.32 Å². The van der Waals surface area contributed by atoms with Crippen molar-refractivity contribution in [1.29, 1.82) is 0 Å². The highest BCUT2D eigenvalue weighted by Crippen LogP contribution is 2.17. The van der Waals surface area contributed by atoms with Gasteiger partial charge in [0, 0.05) is 6.54 Å². The Morgan fingerprint density at radius 2 is 1.82 bits per heavy atom. The molecule has 0 unspecified atom stereocenters. The Hall–Kier alpha value is -2.51. The maximum atomic E-state index is 12.1. The van der Waals surface area contributed by atoms with Gasteiger partial charge in [0.25, 0.3) is 5.91 Å². The van der Waals surface area contributed by atoms with Gasteiger partial charge in [0.15, 0.2) is 0 Å². The molecule has 0 atom stereocenters. The average molecular weight is 301 g/mol. The molecule has 0 fully saturated rings. The second kappa shape index (κ2) is 7.49. The number of carbonyl (C=O) groups excluding carboxylic acids is 1. The van der Waals surface area contributed by atoms with Crippen molar-refractivity contribution >= 4 is 13.2 Å². The minimum Gasteiger partial charge on any atom is -0.512 e. The lowest BCUT2D eigenvalue weighted by atomic mass is 10.1.